The summed E-state index contributed by atoms with van der Waals surface area (Å²) >= 11 is 3.45. The molecule has 1 aromatic heterocycles. The molecule has 1 heterocycles. The Bertz CT molecular complexity index is 628. The third kappa shape index (κ3) is 3.65. The van der Waals surface area contributed by atoms with Crippen molar-refractivity contribution < 1.29 is 4.79 Å². The van der Waals surface area contributed by atoms with Gasteiger partial charge in [-0.1, -0.05) is 6.07 Å². The largest absolute Gasteiger partial charge is 0.321 e. The fourth-order valence-corrected chi connectivity index (χ4v) is 2.41. The van der Waals surface area contributed by atoms with Crippen molar-refractivity contribution in [3.8, 4) is 0 Å². The smallest absolute Gasteiger partial charge is 0.255 e. The monoisotopic (exact) mass is 333 g/mol. The lowest BCUT2D eigenvalue weighted by atomic mass is 10.2. The van der Waals surface area contributed by atoms with Gasteiger partial charge in [0.1, 0.15) is 0 Å². The topological polar surface area (TPSA) is 54.0 Å². The van der Waals surface area contributed by atoms with Crippen LogP contribution in [0.25, 0.3) is 0 Å². The van der Waals surface area contributed by atoms with Crippen molar-refractivity contribution in [3.05, 3.63) is 57.8 Å². The quantitative estimate of drug-likeness (QED) is 0.903. The highest BCUT2D eigenvalue weighted by Gasteiger charge is 2.09. The highest BCUT2D eigenvalue weighted by atomic mass is 79.9. The number of halogens is 1. The molecule has 0 saturated heterocycles. The second kappa shape index (κ2) is 6.63. The summed E-state index contributed by atoms with van der Waals surface area (Å²) < 4.78 is 0.871. The van der Waals surface area contributed by atoms with Crippen LogP contribution in [-0.2, 0) is 6.54 Å². The third-order valence-corrected chi connectivity index (χ3v) is 3.47. The van der Waals surface area contributed by atoms with Crippen molar-refractivity contribution in [1.29, 1.82) is 0 Å². The summed E-state index contributed by atoms with van der Waals surface area (Å²) in [4.78, 5) is 16.4. The number of amides is 1. The zero-order valence-corrected chi connectivity index (χ0v) is 13.0. The first-order chi connectivity index (χ1) is 9.60. The third-order valence-electron chi connectivity index (χ3n) is 2.81. The predicted octanol–water partition coefficient (Wildman–Crippen LogP) is 3.12. The molecule has 0 aliphatic carbocycles. The fourth-order valence-electron chi connectivity index (χ4n) is 1.81. The second-order valence-corrected chi connectivity index (χ2v) is 5.36. The number of anilines is 1. The van der Waals surface area contributed by atoms with Gasteiger partial charge in [-0.05, 0) is 59.7 Å². The number of nitrogens with zero attached hydrogens (tertiary/aromatic N) is 1. The average Bonchev–Trinajstić information content (AvgIpc) is 2.42. The number of nitrogens with one attached hydrogen (secondary N) is 2. The van der Waals surface area contributed by atoms with Crippen molar-refractivity contribution >= 4 is 27.5 Å². The normalized spacial score (nSPS) is 10.3. The molecular formula is C15H16BrN3O. The molecule has 5 heteroatoms. The van der Waals surface area contributed by atoms with Gasteiger partial charge in [0.2, 0.25) is 0 Å². The summed E-state index contributed by atoms with van der Waals surface area (Å²) in [5, 5.41) is 5.90. The van der Waals surface area contributed by atoms with Crippen LogP contribution in [-0.4, -0.2) is 17.9 Å². The molecule has 0 saturated carbocycles. The lowest BCUT2D eigenvalue weighted by Crippen LogP contribution is -2.14. The van der Waals surface area contributed by atoms with Crippen LogP contribution < -0.4 is 10.6 Å². The fraction of sp³-hybridized carbons (Fsp3) is 0.200. The summed E-state index contributed by atoms with van der Waals surface area (Å²) in [7, 11) is 1.85. The minimum absolute atomic E-state index is 0.144. The summed E-state index contributed by atoms with van der Waals surface area (Å²) in [5.74, 6) is -0.144. The van der Waals surface area contributed by atoms with E-state index in [9.17, 15) is 4.79 Å². The number of carbonyl (C=O) groups is 1. The SMILES string of the molecule is CNCc1cc(C(=O)Nc2ccc(C)cc2Br)ccn1. The molecule has 0 bridgehead atoms. The van der Waals surface area contributed by atoms with Crippen LogP contribution in [0.1, 0.15) is 21.6 Å². The number of rotatable bonds is 4. The van der Waals surface area contributed by atoms with Crippen molar-refractivity contribution in [2.45, 2.75) is 13.5 Å². The van der Waals surface area contributed by atoms with Crippen LogP contribution in [0.15, 0.2) is 41.0 Å². The van der Waals surface area contributed by atoms with Crippen LogP contribution in [0.5, 0.6) is 0 Å². The average molecular weight is 334 g/mol. The van der Waals surface area contributed by atoms with E-state index in [1.54, 1.807) is 18.3 Å². The highest BCUT2D eigenvalue weighted by molar-refractivity contribution is 9.10. The molecule has 2 aromatic rings. The molecule has 2 N–H and O–H groups in total. The van der Waals surface area contributed by atoms with Gasteiger partial charge in [-0.3, -0.25) is 9.78 Å². The summed E-state index contributed by atoms with van der Waals surface area (Å²) in [6, 6.07) is 9.30. The Hall–Kier alpha value is -1.72. The second-order valence-electron chi connectivity index (χ2n) is 4.50. The van der Waals surface area contributed by atoms with E-state index < -0.39 is 0 Å². The van der Waals surface area contributed by atoms with E-state index in [0.29, 0.717) is 12.1 Å². The minimum atomic E-state index is -0.144. The number of benzene rings is 1. The van der Waals surface area contributed by atoms with E-state index in [1.165, 1.54) is 0 Å². The highest BCUT2D eigenvalue weighted by Crippen LogP contribution is 2.23. The van der Waals surface area contributed by atoms with Gasteiger partial charge < -0.3 is 10.6 Å². The molecule has 1 amide bonds. The Balaban J connectivity index is 2.17. The summed E-state index contributed by atoms with van der Waals surface area (Å²) in [6.45, 7) is 2.64. The van der Waals surface area contributed by atoms with Crippen molar-refractivity contribution in [2.24, 2.45) is 0 Å². The lowest BCUT2D eigenvalue weighted by Gasteiger charge is -2.09. The van der Waals surface area contributed by atoms with Crippen molar-refractivity contribution in [1.82, 2.24) is 10.3 Å². The zero-order valence-electron chi connectivity index (χ0n) is 11.4. The van der Waals surface area contributed by atoms with Crippen molar-refractivity contribution in [3.63, 3.8) is 0 Å². The van der Waals surface area contributed by atoms with E-state index >= 15 is 0 Å². The van der Waals surface area contributed by atoms with Gasteiger partial charge in [0.25, 0.3) is 5.91 Å². The Morgan fingerprint density at radius 1 is 1.30 bits per heavy atom. The molecule has 0 radical (unpaired) electrons. The Kier molecular flexibility index (Phi) is 4.87. The van der Waals surface area contributed by atoms with Gasteiger partial charge in [0, 0.05) is 22.8 Å². The Labute approximate surface area is 126 Å². The molecule has 0 aliphatic rings. The number of hydrogen-bond acceptors (Lipinski definition) is 3. The molecule has 1 aromatic carbocycles. The zero-order chi connectivity index (χ0) is 14.5. The van der Waals surface area contributed by atoms with E-state index in [0.717, 1.165) is 21.4 Å². The van der Waals surface area contributed by atoms with Crippen LogP contribution in [0.3, 0.4) is 0 Å². The van der Waals surface area contributed by atoms with E-state index in [1.807, 2.05) is 32.2 Å². The van der Waals surface area contributed by atoms with E-state index in [4.69, 9.17) is 0 Å². The summed E-state index contributed by atoms with van der Waals surface area (Å²) in [6.07, 6.45) is 1.64. The van der Waals surface area contributed by atoms with Crippen LogP contribution in [0.2, 0.25) is 0 Å². The van der Waals surface area contributed by atoms with Gasteiger partial charge in [0.15, 0.2) is 0 Å². The van der Waals surface area contributed by atoms with E-state index in [-0.39, 0.29) is 5.91 Å². The van der Waals surface area contributed by atoms with Crippen LogP contribution in [0, 0.1) is 6.92 Å². The number of carbonyl (C=O) groups excluding carboxylic acids is 1. The Morgan fingerprint density at radius 3 is 2.80 bits per heavy atom. The first-order valence-corrected chi connectivity index (χ1v) is 7.06. The van der Waals surface area contributed by atoms with Crippen LogP contribution >= 0.6 is 15.9 Å². The van der Waals surface area contributed by atoms with Crippen LogP contribution in [0.4, 0.5) is 5.69 Å². The molecule has 0 atom stereocenters. The molecule has 0 aliphatic heterocycles. The van der Waals surface area contributed by atoms with Gasteiger partial charge >= 0.3 is 0 Å². The van der Waals surface area contributed by atoms with Crippen molar-refractivity contribution in [2.75, 3.05) is 12.4 Å². The van der Waals surface area contributed by atoms with Gasteiger partial charge in [0.05, 0.1) is 11.4 Å². The van der Waals surface area contributed by atoms with Gasteiger partial charge in [-0.15, -0.1) is 0 Å². The lowest BCUT2D eigenvalue weighted by molar-refractivity contribution is 0.102. The molecule has 0 spiro atoms. The molecule has 104 valence electrons. The number of hydrogen-bond donors (Lipinski definition) is 2. The molecule has 4 nitrogen and oxygen atoms in total. The number of pyridine rings is 1. The summed E-state index contributed by atoms with van der Waals surface area (Å²) in [5.41, 5.74) is 3.32. The molecule has 0 unspecified atom stereocenters. The Morgan fingerprint density at radius 2 is 2.10 bits per heavy atom. The van der Waals surface area contributed by atoms with Gasteiger partial charge in [-0.25, -0.2) is 0 Å². The maximum Gasteiger partial charge on any atom is 0.255 e. The maximum atomic E-state index is 12.2. The van der Waals surface area contributed by atoms with E-state index in [2.05, 4.69) is 31.5 Å². The predicted molar refractivity (Wildman–Crippen MR) is 83.8 cm³/mol. The minimum Gasteiger partial charge on any atom is -0.321 e. The maximum absolute atomic E-state index is 12.2. The first kappa shape index (κ1) is 14.7. The standard InChI is InChI=1S/C15H16BrN3O/c1-10-3-4-14(13(16)7-10)19-15(20)11-5-6-18-12(8-11)9-17-2/h3-8,17H,9H2,1-2H3,(H,19,20). The molecule has 20 heavy (non-hydrogen) atoms. The number of aryl methyl sites for hydroxylation is 1. The molecular weight excluding hydrogens is 318 g/mol. The molecule has 0 fully saturated rings. The molecule has 2 rings (SSSR count). The van der Waals surface area contributed by atoms with Gasteiger partial charge in [-0.2, -0.15) is 0 Å². The number of aromatic nitrogens is 1. The first-order valence-electron chi connectivity index (χ1n) is 6.27.